The third kappa shape index (κ3) is 3.28. The van der Waals surface area contributed by atoms with Crippen LogP contribution in [0, 0.1) is 0 Å². The van der Waals surface area contributed by atoms with Gasteiger partial charge in [-0.15, -0.1) is 0 Å². The Morgan fingerprint density at radius 1 is 1.53 bits per heavy atom. The van der Waals surface area contributed by atoms with Gasteiger partial charge in [0.25, 0.3) is 5.91 Å². The Balaban J connectivity index is 2.18. The zero-order chi connectivity index (χ0) is 13.8. The molecular weight excluding hydrogens is 308 g/mol. The third-order valence-corrected chi connectivity index (χ3v) is 4.23. The first-order valence-corrected chi connectivity index (χ1v) is 7.24. The molecule has 1 aromatic carbocycles. The van der Waals surface area contributed by atoms with Crippen molar-refractivity contribution < 1.29 is 9.53 Å². The number of piperidine rings is 1. The van der Waals surface area contributed by atoms with Gasteiger partial charge < -0.3 is 15.0 Å². The number of methoxy groups -OCH3 is 1. The van der Waals surface area contributed by atoms with E-state index >= 15 is 0 Å². The van der Waals surface area contributed by atoms with Gasteiger partial charge in [-0.1, -0.05) is 0 Å². The highest BCUT2D eigenvalue weighted by atomic mass is 79.9. The number of amides is 1. The van der Waals surface area contributed by atoms with E-state index in [9.17, 15) is 4.79 Å². The van der Waals surface area contributed by atoms with Gasteiger partial charge in [-0.05, 0) is 53.5 Å². The molecule has 0 saturated carbocycles. The second-order valence-corrected chi connectivity index (χ2v) is 5.62. The van der Waals surface area contributed by atoms with E-state index in [1.165, 1.54) is 0 Å². The van der Waals surface area contributed by atoms with Crippen LogP contribution in [0.25, 0.3) is 0 Å². The summed E-state index contributed by atoms with van der Waals surface area (Å²) >= 11 is 3.43. The minimum Gasteiger partial charge on any atom is -0.497 e. The molecule has 104 valence electrons. The number of hydrogen-bond acceptors (Lipinski definition) is 3. The Kier molecular flexibility index (Phi) is 4.82. The van der Waals surface area contributed by atoms with Crippen LogP contribution in [0.15, 0.2) is 22.7 Å². The minimum absolute atomic E-state index is 0.0273. The predicted octanol–water partition coefficient (Wildman–Crippen LogP) is 2.28. The van der Waals surface area contributed by atoms with Crippen molar-refractivity contribution in [3.8, 4) is 5.75 Å². The number of likely N-dealkylation sites (N-methyl/N-ethyl adjacent to an activating group) is 1. The van der Waals surface area contributed by atoms with Crippen LogP contribution in [0.4, 0.5) is 0 Å². The van der Waals surface area contributed by atoms with Crippen LogP contribution >= 0.6 is 15.9 Å². The Morgan fingerprint density at radius 2 is 2.32 bits per heavy atom. The largest absolute Gasteiger partial charge is 0.497 e. The minimum atomic E-state index is 0.0273. The smallest absolute Gasteiger partial charge is 0.255 e. The van der Waals surface area contributed by atoms with E-state index in [0.717, 1.165) is 30.4 Å². The number of rotatable bonds is 3. The number of nitrogens with one attached hydrogen (secondary N) is 1. The summed E-state index contributed by atoms with van der Waals surface area (Å²) in [6.45, 7) is 1.91. The number of ether oxygens (including phenoxy) is 1. The first-order chi connectivity index (χ1) is 9.13. The van der Waals surface area contributed by atoms with Gasteiger partial charge in [-0.3, -0.25) is 4.79 Å². The van der Waals surface area contributed by atoms with E-state index in [2.05, 4.69) is 21.2 Å². The summed E-state index contributed by atoms with van der Waals surface area (Å²) in [5, 5.41) is 3.33. The first-order valence-electron chi connectivity index (χ1n) is 6.45. The lowest BCUT2D eigenvalue weighted by Crippen LogP contribution is -2.46. The Morgan fingerprint density at radius 3 is 2.95 bits per heavy atom. The van der Waals surface area contributed by atoms with Crippen LogP contribution < -0.4 is 10.1 Å². The fourth-order valence-electron chi connectivity index (χ4n) is 2.32. The molecular formula is C14H19BrN2O2. The van der Waals surface area contributed by atoms with Crippen molar-refractivity contribution in [3.05, 3.63) is 28.2 Å². The second-order valence-electron chi connectivity index (χ2n) is 4.76. The maximum atomic E-state index is 12.5. The van der Waals surface area contributed by atoms with E-state index < -0.39 is 0 Å². The lowest BCUT2D eigenvalue weighted by Gasteiger charge is -2.32. The number of carbonyl (C=O) groups excluding carboxylic acids is 1. The van der Waals surface area contributed by atoms with Crippen molar-refractivity contribution in [1.29, 1.82) is 0 Å². The van der Waals surface area contributed by atoms with Crippen LogP contribution in [-0.2, 0) is 0 Å². The topological polar surface area (TPSA) is 41.6 Å². The molecule has 1 amide bonds. The molecule has 1 aliphatic rings. The number of nitrogens with zero attached hydrogens (tertiary/aromatic N) is 1. The zero-order valence-corrected chi connectivity index (χ0v) is 12.9. The lowest BCUT2D eigenvalue weighted by molar-refractivity contribution is 0.0707. The van der Waals surface area contributed by atoms with E-state index in [-0.39, 0.29) is 11.9 Å². The highest BCUT2D eigenvalue weighted by molar-refractivity contribution is 9.10. The molecule has 1 aliphatic heterocycles. The van der Waals surface area contributed by atoms with E-state index in [1.54, 1.807) is 13.2 Å². The van der Waals surface area contributed by atoms with E-state index in [4.69, 9.17) is 4.74 Å². The summed E-state index contributed by atoms with van der Waals surface area (Å²) in [6, 6.07) is 5.72. The van der Waals surface area contributed by atoms with Gasteiger partial charge in [0.15, 0.2) is 0 Å². The fraction of sp³-hybridized carbons (Fsp3) is 0.500. The molecule has 0 aliphatic carbocycles. The van der Waals surface area contributed by atoms with Gasteiger partial charge >= 0.3 is 0 Å². The molecule has 1 heterocycles. The fourth-order valence-corrected chi connectivity index (χ4v) is 2.73. The number of benzene rings is 1. The van der Waals surface area contributed by atoms with Crippen LogP contribution in [0.5, 0.6) is 5.75 Å². The maximum absolute atomic E-state index is 12.5. The summed E-state index contributed by atoms with van der Waals surface area (Å²) < 4.78 is 5.98. The van der Waals surface area contributed by atoms with Crippen molar-refractivity contribution in [3.63, 3.8) is 0 Å². The molecule has 0 aromatic heterocycles. The first kappa shape index (κ1) is 14.3. The van der Waals surface area contributed by atoms with Gasteiger partial charge in [0.05, 0.1) is 12.7 Å². The summed E-state index contributed by atoms with van der Waals surface area (Å²) in [4.78, 5) is 14.4. The molecule has 0 spiro atoms. The second kappa shape index (κ2) is 6.39. The Bertz CT molecular complexity index is 459. The molecule has 1 unspecified atom stereocenters. The normalized spacial score (nSPS) is 19.0. The van der Waals surface area contributed by atoms with Crippen molar-refractivity contribution >= 4 is 21.8 Å². The molecule has 1 fully saturated rings. The lowest BCUT2D eigenvalue weighted by atomic mass is 10.1. The molecule has 0 bridgehead atoms. The number of carbonyl (C=O) groups is 1. The zero-order valence-electron chi connectivity index (χ0n) is 11.3. The highest BCUT2D eigenvalue weighted by Crippen LogP contribution is 2.24. The van der Waals surface area contributed by atoms with Crippen molar-refractivity contribution in [2.24, 2.45) is 0 Å². The van der Waals surface area contributed by atoms with Crippen LogP contribution in [0.1, 0.15) is 23.2 Å². The maximum Gasteiger partial charge on any atom is 0.255 e. The molecule has 5 heteroatoms. The Labute approximate surface area is 122 Å². The quantitative estimate of drug-likeness (QED) is 0.926. The van der Waals surface area contributed by atoms with Gasteiger partial charge in [-0.2, -0.15) is 0 Å². The molecule has 1 saturated heterocycles. The van der Waals surface area contributed by atoms with Crippen molar-refractivity contribution in [2.45, 2.75) is 18.9 Å². The molecule has 19 heavy (non-hydrogen) atoms. The van der Waals surface area contributed by atoms with E-state index in [1.807, 2.05) is 24.1 Å². The molecule has 2 rings (SSSR count). The molecule has 1 atom stereocenters. The standard InChI is InChI=1S/C14H19BrN2O2/c1-17(10-4-3-7-16-9-10)14(18)12-8-11(19-2)5-6-13(12)15/h5-6,8,10,16H,3-4,7,9H2,1-2H3. The van der Waals surface area contributed by atoms with Gasteiger partial charge in [0, 0.05) is 24.1 Å². The predicted molar refractivity (Wildman–Crippen MR) is 78.7 cm³/mol. The van der Waals surface area contributed by atoms with Crippen LogP contribution in [0.2, 0.25) is 0 Å². The molecule has 4 nitrogen and oxygen atoms in total. The number of hydrogen-bond donors (Lipinski definition) is 1. The molecule has 1 aromatic rings. The average Bonchev–Trinajstić information content (AvgIpc) is 2.47. The SMILES string of the molecule is COc1ccc(Br)c(C(=O)N(C)C2CCCNC2)c1. The van der Waals surface area contributed by atoms with Gasteiger partial charge in [-0.25, -0.2) is 0 Å². The molecule has 1 N–H and O–H groups in total. The van der Waals surface area contributed by atoms with Crippen molar-refractivity contribution in [2.75, 3.05) is 27.2 Å². The monoisotopic (exact) mass is 326 g/mol. The van der Waals surface area contributed by atoms with Crippen molar-refractivity contribution in [1.82, 2.24) is 10.2 Å². The van der Waals surface area contributed by atoms with Gasteiger partial charge in [0.2, 0.25) is 0 Å². The summed E-state index contributed by atoms with van der Waals surface area (Å²) in [5.74, 6) is 0.723. The van der Waals surface area contributed by atoms with Crippen LogP contribution in [0.3, 0.4) is 0 Å². The highest BCUT2D eigenvalue weighted by Gasteiger charge is 2.24. The summed E-state index contributed by atoms with van der Waals surface area (Å²) in [6.07, 6.45) is 2.17. The van der Waals surface area contributed by atoms with Gasteiger partial charge in [0.1, 0.15) is 5.75 Å². The average molecular weight is 327 g/mol. The summed E-state index contributed by atoms with van der Waals surface area (Å²) in [7, 11) is 3.47. The third-order valence-electron chi connectivity index (χ3n) is 3.54. The Hall–Kier alpha value is -1.07. The summed E-state index contributed by atoms with van der Waals surface area (Å²) in [5.41, 5.74) is 0.646. The number of halogens is 1. The molecule has 0 radical (unpaired) electrons. The van der Waals surface area contributed by atoms with Crippen LogP contribution in [-0.4, -0.2) is 44.1 Å². The van der Waals surface area contributed by atoms with E-state index in [0.29, 0.717) is 11.3 Å².